The van der Waals surface area contributed by atoms with Crippen molar-refractivity contribution in [2.24, 2.45) is 0 Å². The summed E-state index contributed by atoms with van der Waals surface area (Å²) in [5.41, 5.74) is 4.50. The van der Waals surface area contributed by atoms with E-state index in [1.54, 1.807) is 0 Å². The van der Waals surface area contributed by atoms with Crippen LogP contribution in [0.1, 0.15) is 23.9 Å². The van der Waals surface area contributed by atoms with Crippen molar-refractivity contribution in [3.63, 3.8) is 0 Å². The number of nitrogens with zero attached hydrogens (tertiary/aromatic N) is 1. The van der Waals surface area contributed by atoms with E-state index in [9.17, 15) is 0 Å². The first-order chi connectivity index (χ1) is 7.61. The Labute approximate surface area is 97.1 Å². The smallest absolute Gasteiger partial charge is 0.0672 e. The van der Waals surface area contributed by atoms with E-state index in [1.165, 1.54) is 5.56 Å². The lowest BCUT2D eigenvalue weighted by molar-refractivity contribution is 0.157. The van der Waals surface area contributed by atoms with Crippen LogP contribution in [0.5, 0.6) is 0 Å². The summed E-state index contributed by atoms with van der Waals surface area (Å²) in [5, 5.41) is 10.4. The topological polar surface area (TPSA) is 49.9 Å². The van der Waals surface area contributed by atoms with Crippen LogP contribution < -0.4 is 5.32 Å². The molecule has 0 aliphatic rings. The second-order valence-corrected chi connectivity index (χ2v) is 4.10. The molecule has 0 amide bonds. The van der Waals surface area contributed by atoms with Crippen LogP contribution in [0.15, 0.2) is 12.2 Å². The highest BCUT2D eigenvalue weighted by atomic mass is 16.5. The molecule has 0 atom stereocenters. The highest BCUT2D eigenvalue weighted by Crippen LogP contribution is 2.07. The second kappa shape index (κ2) is 6.45. The Morgan fingerprint density at radius 2 is 2.25 bits per heavy atom. The Bertz CT molecular complexity index is 325. The number of hydrogen-bond donors (Lipinski definition) is 2. The molecule has 0 unspecified atom stereocenters. The molecule has 2 N–H and O–H groups in total. The summed E-state index contributed by atoms with van der Waals surface area (Å²) in [6.07, 6.45) is 0. The fraction of sp³-hybridized carbons (Fsp3) is 0.583. The van der Waals surface area contributed by atoms with Crippen LogP contribution in [0.3, 0.4) is 0 Å². The van der Waals surface area contributed by atoms with Gasteiger partial charge in [0.2, 0.25) is 0 Å². The number of hydrogen-bond acceptors (Lipinski definition) is 3. The predicted octanol–water partition coefficient (Wildman–Crippen LogP) is 1.71. The molecule has 0 aliphatic heterocycles. The summed E-state index contributed by atoms with van der Waals surface area (Å²) >= 11 is 0. The molecule has 1 aromatic heterocycles. The molecule has 16 heavy (non-hydrogen) atoms. The Balaban J connectivity index is 2.14. The van der Waals surface area contributed by atoms with Gasteiger partial charge in [-0.05, 0) is 20.8 Å². The quantitative estimate of drug-likeness (QED) is 0.546. The van der Waals surface area contributed by atoms with Crippen molar-refractivity contribution in [1.82, 2.24) is 15.5 Å². The third kappa shape index (κ3) is 4.16. The number of nitrogens with one attached hydrogen (secondary N) is 2. The van der Waals surface area contributed by atoms with E-state index in [1.807, 2.05) is 20.8 Å². The largest absolute Gasteiger partial charge is 0.376 e. The molecule has 1 heterocycles. The van der Waals surface area contributed by atoms with Gasteiger partial charge in [-0.25, -0.2) is 0 Å². The van der Waals surface area contributed by atoms with E-state index in [-0.39, 0.29) is 0 Å². The molecular formula is C12H21N3O. The van der Waals surface area contributed by atoms with Crippen molar-refractivity contribution < 1.29 is 4.74 Å². The molecule has 0 saturated carbocycles. The molecule has 0 spiro atoms. The highest BCUT2D eigenvalue weighted by molar-refractivity contribution is 5.22. The minimum Gasteiger partial charge on any atom is -0.376 e. The minimum atomic E-state index is 0.644. The SMILES string of the molecule is C=C(C)COCCNCc1c(C)n[nH]c1C. The number of aromatic nitrogens is 2. The van der Waals surface area contributed by atoms with Crippen LogP contribution in [0.25, 0.3) is 0 Å². The number of aryl methyl sites for hydroxylation is 2. The maximum Gasteiger partial charge on any atom is 0.0672 e. The first-order valence-electron chi connectivity index (χ1n) is 5.54. The third-order valence-corrected chi connectivity index (χ3v) is 2.35. The number of aromatic amines is 1. The van der Waals surface area contributed by atoms with Gasteiger partial charge in [0, 0.05) is 24.3 Å². The molecule has 0 fully saturated rings. The van der Waals surface area contributed by atoms with Crippen LogP contribution in [0.2, 0.25) is 0 Å². The van der Waals surface area contributed by atoms with Crippen molar-refractivity contribution in [1.29, 1.82) is 0 Å². The maximum absolute atomic E-state index is 5.39. The van der Waals surface area contributed by atoms with Gasteiger partial charge in [0.1, 0.15) is 0 Å². The summed E-state index contributed by atoms with van der Waals surface area (Å²) in [5.74, 6) is 0. The third-order valence-electron chi connectivity index (χ3n) is 2.35. The molecule has 0 aliphatic carbocycles. The van der Waals surface area contributed by atoms with Crippen LogP contribution in [0, 0.1) is 13.8 Å². The molecular weight excluding hydrogens is 202 g/mol. The van der Waals surface area contributed by atoms with E-state index in [0.29, 0.717) is 13.2 Å². The van der Waals surface area contributed by atoms with Gasteiger partial charge in [0.15, 0.2) is 0 Å². The molecule has 1 aromatic rings. The predicted molar refractivity (Wildman–Crippen MR) is 65.4 cm³/mol. The van der Waals surface area contributed by atoms with Gasteiger partial charge in [0.25, 0.3) is 0 Å². The second-order valence-electron chi connectivity index (χ2n) is 4.10. The number of ether oxygens (including phenoxy) is 1. The summed E-state index contributed by atoms with van der Waals surface area (Å²) in [6, 6.07) is 0. The lowest BCUT2D eigenvalue weighted by Gasteiger charge is -2.06. The first-order valence-corrected chi connectivity index (χ1v) is 5.54. The minimum absolute atomic E-state index is 0.644. The lowest BCUT2D eigenvalue weighted by Crippen LogP contribution is -2.20. The van der Waals surface area contributed by atoms with Gasteiger partial charge in [-0.2, -0.15) is 5.10 Å². The van der Waals surface area contributed by atoms with E-state index in [4.69, 9.17) is 4.74 Å². The molecule has 4 heteroatoms. The van der Waals surface area contributed by atoms with Gasteiger partial charge in [0.05, 0.1) is 18.9 Å². The molecule has 0 aromatic carbocycles. The summed E-state index contributed by atoms with van der Waals surface area (Å²) in [6.45, 7) is 12.8. The standard InChI is InChI=1S/C12H21N3O/c1-9(2)8-16-6-5-13-7-12-10(3)14-15-11(12)4/h13H,1,5-8H2,2-4H3,(H,14,15). The highest BCUT2D eigenvalue weighted by Gasteiger charge is 2.04. The van der Waals surface area contributed by atoms with Crippen molar-refractivity contribution >= 4 is 0 Å². The van der Waals surface area contributed by atoms with Crippen molar-refractivity contribution in [2.45, 2.75) is 27.3 Å². The Morgan fingerprint density at radius 3 is 2.81 bits per heavy atom. The molecule has 4 nitrogen and oxygen atoms in total. The first kappa shape index (κ1) is 12.9. The molecule has 0 radical (unpaired) electrons. The van der Waals surface area contributed by atoms with Crippen molar-refractivity contribution in [3.05, 3.63) is 29.1 Å². The molecule has 0 bridgehead atoms. The fourth-order valence-electron chi connectivity index (χ4n) is 1.44. The summed E-state index contributed by atoms with van der Waals surface area (Å²) in [4.78, 5) is 0. The monoisotopic (exact) mass is 223 g/mol. The zero-order valence-corrected chi connectivity index (χ0v) is 10.4. The maximum atomic E-state index is 5.39. The van der Waals surface area contributed by atoms with Crippen LogP contribution >= 0.6 is 0 Å². The summed E-state index contributed by atoms with van der Waals surface area (Å²) in [7, 11) is 0. The Kier molecular flexibility index (Phi) is 5.22. The van der Waals surface area contributed by atoms with Crippen LogP contribution in [-0.4, -0.2) is 30.0 Å². The molecule has 0 saturated heterocycles. The van der Waals surface area contributed by atoms with Crippen molar-refractivity contribution in [3.8, 4) is 0 Å². The van der Waals surface area contributed by atoms with Gasteiger partial charge < -0.3 is 10.1 Å². The summed E-state index contributed by atoms with van der Waals surface area (Å²) < 4.78 is 5.39. The molecule has 1 rings (SSSR count). The number of H-pyrrole nitrogens is 1. The Morgan fingerprint density at radius 1 is 1.50 bits per heavy atom. The lowest BCUT2D eigenvalue weighted by atomic mass is 10.2. The van der Waals surface area contributed by atoms with Gasteiger partial charge in [-0.1, -0.05) is 12.2 Å². The van der Waals surface area contributed by atoms with E-state index >= 15 is 0 Å². The van der Waals surface area contributed by atoms with Gasteiger partial charge >= 0.3 is 0 Å². The number of rotatable bonds is 7. The molecule has 90 valence electrons. The zero-order chi connectivity index (χ0) is 12.0. The average molecular weight is 223 g/mol. The normalized spacial score (nSPS) is 10.7. The van der Waals surface area contributed by atoms with Crippen LogP contribution in [-0.2, 0) is 11.3 Å². The fourth-order valence-corrected chi connectivity index (χ4v) is 1.44. The van der Waals surface area contributed by atoms with Crippen LogP contribution in [0.4, 0.5) is 0 Å². The van der Waals surface area contributed by atoms with E-state index in [2.05, 4.69) is 22.1 Å². The van der Waals surface area contributed by atoms with E-state index < -0.39 is 0 Å². The zero-order valence-electron chi connectivity index (χ0n) is 10.4. The Hall–Kier alpha value is -1.13. The van der Waals surface area contributed by atoms with Crippen molar-refractivity contribution in [2.75, 3.05) is 19.8 Å². The average Bonchev–Trinajstić information content (AvgIpc) is 2.53. The van der Waals surface area contributed by atoms with Gasteiger partial charge in [-0.3, -0.25) is 5.10 Å². The van der Waals surface area contributed by atoms with Gasteiger partial charge in [-0.15, -0.1) is 0 Å². The van der Waals surface area contributed by atoms with E-state index in [0.717, 1.165) is 30.1 Å².